The molecule has 0 radical (unpaired) electrons. The molecule has 21 heavy (non-hydrogen) atoms. The molecule has 0 spiro atoms. The van der Waals surface area contributed by atoms with Gasteiger partial charge in [0, 0.05) is 5.56 Å². The van der Waals surface area contributed by atoms with Crippen LogP contribution in [0.25, 0.3) is 0 Å². The molecule has 0 aliphatic carbocycles. The standard InChI is InChI=1S/C16H14ClNO3/c1-2-10-5-3-4-6-12(10)15(19)18-14-9-11(16(20)21)7-8-13(14)17/h3-9H,2H2,1H3,(H,18,19)(H,20,21). The smallest absolute Gasteiger partial charge is 0.335 e. The highest BCUT2D eigenvalue weighted by atomic mass is 35.5. The molecule has 0 saturated carbocycles. The normalized spacial score (nSPS) is 10.2. The summed E-state index contributed by atoms with van der Waals surface area (Å²) in [5.74, 6) is -1.38. The maximum atomic E-state index is 12.3. The summed E-state index contributed by atoms with van der Waals surface area (Å²) in [5, 5.41) is 11.9. The first kappa shape index (κ1) is 15.1. The zero-order valence-electron chi connectivity index (χ0n) is 11.4. The van der Waals surface area contributed by atoms with Crippen LogP contribution >= 0.6 is 11.6 Å². The van der Waals surface area contributed by atoms with Gasteiger partial charge >= 0.3 is 5.97 Å². The average Bonchev–Trinajstić information content (AvgIpc) is 2.49. The van der Waals surface area contributed by atoms with Crippen molar-refractivity contribution < 1.29 is 14.7 Å². The molecule has 4 nitrogen and oxygen atoms in total. The first-order valence-electron chi connectivity index (χ1n) is 6.45. The third-order valence-electron chi connectivity index (χ3n) is 3.10. The van der Waals surface area contributed by atoms with Crippen LogP contribution in [0.15, 0.2) is 42.5 Å². The zero-order chi connectivity index (χ0) is 15.4. The van der Waals surface area contributed by atoms with Gasteiger partial charge in [-0.3, -0.25) is 4.79 Å². The van der Waals surface area contributed by atoms with Crippen molar-refractivity contribution in [2.24, 2.45) is 0 Å². The molecule has 0 heterocycles. The van der Waals surface area contributed by atoms with Crippen molar-refractivity contribution in [3.05, 3.63) is 64.2 Å². The number of amides is 1. The van der Waals surface area contributed by atoms with Crippen LogP contribution in [0.3, 0.4) is 0 Å². The Morgan fingerprint density at radius 1 is 1.19 bits per heavy atom. The first-order chi connectivity index (χ1) is 10.0. The van der Waals surface area contributed by atoms with E-state index < -0.39 is 5.97 Å². The molecule has 2 aromatic rings. The van der Waals surface area contributed by atoms with Crippen LogP contribution in [0, 0.1) is 0 Å². The Kier molecular flexibility index (Phi) is 4.60. The molecule has 0 fully saturated rings. The third kappa shape index (κ3) is 3.41. The van der Waals surface area contributed by atoms with Crippen molar-refractivity contribution >= 4 is 29.2 Å². The average molecular weight is 304 g/mol. The summed E-state index contributed by atoms with van der Waals surface area (Å²) in [7, 11) is 0. The molecule has 2 N–H and O–H groups in total. The van der Waals surface area contributed by atoms with Crippen LogP contribution in [0.4, 0.5) is 5.69 Å². The van der Waals surface area contributed by atoms with Gasteiger partial charge in [-0.05, 0) is 36.2 Å². The van der Waals surface area contributed by atoms with Crippen molar-refractivity contribution in [1.82, 2.24) is 0 Å². The number of rotatable bonds is 4. The molecule has 2 rings (SSSR count). The van der Waals surface area contributed by atoms with E-state index in [1.54, 1.807) is 12.1 Å². The molecule has 108 valence electrons. The summed E-state index contributed by atoms with van der Waals surface area (Å²) in [4.78, 5) is 23.3. The van der Waals surface area contributed by atoms with Gasteiger partial charge in [-0.25, -0.2) is 4.79 Å². The van der Waals surface area contributed by atoms with E-state index in [-0.39, 0.29) is 17.2 Å². The zero-order valence-corrected chi connectivity index (χ0v) is 12.1. The topological polar surface area (TPSA) is 66.4 Å². The third-order valence-corrected chi connectivity index (χ3v) is 3.43. The lowest BCUT2D eigenvalue weighted by molar-refractivity contribution is 0.0696. The summed E-state index contributed by atoms with van der Waals surface area (Å²) < 4.78 is 0. The van der Waals surface area contributed by atoms with Gasteiger partial charge in [0.15, 0.2) is 0 Å². The van der Waals surface area contributed by atoms with Gasteiger partial charge in [0.2, 0.25) is 0 Å². The molecule has 0 aliphatic heterocycles. The number of carbonyl (C=O) groups excluding carboxylic acids is 1. The van der Waals surface area contributed by atoms with Crippen molar-refractivity contribution in [3.8, 4) is 0 Å². The fourth-order valence-corrected chi connectivity index (χ4v) is 2.16. The molecule has 5 heteroatoms. The van der Waals surface area contributed by atoms with Crippen LogP contribution < -0.4 is 5.32 Å². The maximum absolute atomic E-state index is 12.3. The van der Waals surface area contributed by atoms with Crippen LogP contribution in [0.2, 0.25) is 5.02 Å². The van der Waals surface area contributed by atoms with Gasteiger partial charge in [-0.2, -0.15) is 0 Å². The number of halogens is 1. The van der Waals surface area contributed by atoms with Gasteiger partial charge in [0.1, 0.15) is 0 Å². The van der Waals surface area contributed by atoms with E-state index in [0.717, 1.165) is 12.0 Å². The fraction of sp³-hybridized carbons (Fsp3) is 0.125. The van der Waals surface area contributed by atoms with Crippen LogP contribution in [-0.4, -0.2) is 17.0 Å². The number of nitrogens with one attached hydrogen (secondary N) is 1. The van der Waals surface area contributed by atoms with Crippen molar-refractivity contribution in [3.63, 3.8) is 0 Å². The monoisotopic (exact) mass is 303 g/mol. The minimum Gasteiger partial charge on any atom is -0.478 e. The van der Waals surface area contributed by atoms with E-state index in [0.29, 0.717) is 10.6 Å². The molecule has 0 unspecified atom stereocenters. The predicted molar refractivity (Wildman–Crippen MR) is 82.2 cm³/mol. The molecule has 0 bridgehead atoms. The number of benzene rings is 2. The number of carboxylic acid groups (broad SMARTS) is 1. The number of aromatic carboxylic acids is 1. The molecule has 0 aromatic heterocycles. The van der Waals surface area contributed by atoms with Crippen LogP contribution in [0.5, 0.6) is 0 Å². The molecule has 0 aliphatic rings. The number of carbonyl (C=O) groups is 2. The second-order valence-electron chi connectivity index (χ2n) is 4.46. The molecule has 1 amide bonds. The second kappa shape index (κ2) is 6.41. The minimum absolute atomic E-state index is 0.0680. The lowest BCUT2D eigenvalue weighted by Gasteiger charge is -2.10. The van der Waals surface area contributed by atoms with Crippen LogP contribution in [-0.2, 0) is 6.42 Å². The summed E-state index contributed by atoms with van der Waals surface area (Å²) in [6.07, 6.45) is 0.729. The van der Waals surface area contributed by atoms with Crippen molar-refractivity contribution in [2.45, 2.75) is 13.3 Å². The Bertz CT molecular complexity index is 698. The molecule has 2 aromatic carbocycles. The number of hydrogen-bond acceptors (Lipinski definition) is 2. The molecular formula is C16H14ClNO3. The Balaban J connectivity index is 2.31. The molecule has 0 saturated heterocycles. The van der Waals surface area contributed by atoms with Gasteiger partial charge in [0.25, 0.3) is 5.91 Å². The lowest BCUT2D eigenvalue weighted by Crippen LogP contribution is -2.14. The largest absolute Gasteiger partial charge is 0.478 e. The van der Waals surface area contributed by atoms with E-state index in [4.69, 9.17) is 16.7 Å². The van der Waals surface area contributed by atoms with Gasteiger partial charge in [-0.1, -0.05) is 36.7 Å². The van der Waals surface area contributed by atoms with Gasteiger partial charge < -0.3 is 10.4 Å². The van der Waals surface area contributed by atoms with Crippen molar-refractivity contribution in [1.29, 1.82) is 0 Å². The van der Waals surface area contributed by atoms with E-state index in [1.807, 2.05) is 19.1 Å². The summed E-state index contributed by atoms with van der Waals surface area (Å²) in [6.45, 7) is 1.96. The lowest BCUT2D eigenvalue weighted by atomic mass is 10.0. The summed E-state index contributed by atoms with van der Waals surface area (Å²) in [5.41, 5.74) is 1.82. The van der Waals surface area contributed by atoms with E-state index >= 15 is 0 Å². The Morgan fingerprint density at radius 2 is 1.90 bits per heavy atom. The number of anilines is 1. The highest BCUT2D eigenvalue weighted by Gasteiger charge is 2.13. The van der Waals surface area contributed by atoms with E-state index in [1.165, 1.54) is 18.2 Å². The molecule has 0 atom stereocenters. The number of carboxylic acids is 1. The van der Waals surface area contributed by atoms with E-state index in [9.17, 15) is 9.59 Å². The van der Waals surface area contributed by atoms with Gasteiger partial charge in [-0.15, -0.1) is 0 Å². The quantitative estimate of drug-likeness (QED) is 0.901. The van der Waals surface area contributed by atoms with Crippen molar-refractivity contribution in [2.75, 3.05) is 5.32 Å². The molecular weight excluding hydrogens is 290 g/mol. The Morgan fingerprint density at radius 3 is 2.57 bits per heavy atom. The Hall–Kier alpha value is -2.33. The fourth-order valence-electron chi connectivity index (χ4n) is 1.99. The SMILES string of the molecule is CCc1ccccc1C(=O)Nc1cc(C(=O)O)ccc1Cl. The Labute approximate surface area is 127 Å². The minimum atomic E-state index is -1.07. The highest BCUT2D eigenvalue weighted by Crippen LogP contribution is 2.24. The second-order valence-corrected chi connectivity index (χ2v) is 4.87. The summed E-state index contributed by atoms with van der Waals surface area (Å²) in [6, 6.07) is 11.4. The predicted octanol–water partition coefficient (Wildman–Crippen LogP) is 3.85. The van der Waals surface area contributed by atoms with Crippen LogP contribution in [0.1, 0.15) is 33.2 Å². The number of aryl methyl sites for hydroxylation is 1. The number of hydrogen-bond donors (Lipinski definition) is 2. The van der Waals surface area contributed by atoms with Gasteiger partial charge in [0.05, 0.1) is 16.3 Å². The highest BCUT2D eigenvalue weighted by molar-refractivity contribution is 6.34. The van der Waals surface area contributed by atoms with E-state index in [2.05, 4.69) is 5.32 Å². The maximum Gasteiger partial charge on any atom is 0.335 e. The first-order valence-corrected chi connectivity index (χ1v) is 6.82. The summed E-state index contributed by atoms with van der Waals surface area (Å²) >= 11 is 6.00.